The molecule has 0 saturated heterocycles. The van der Waals surface area contributed by atoms with Gasteiger partial charge in [0.1, 0.15) is 6.61 Å². The van der Waals surface area contributed by atoms with E-state index in [2.05, 4.69) is 74.4 Å². The normalized spacial score (nSPS) is 11.8. The Hall–Kier alpha value is 0.0500. The van der Waals surface area contributed by atoms with E-state index in [4.69, 9.17) is 9.84 Å². The molecule has 0 aliphatic rings. The average molecular weight is 642 g/mol. The first-order valence-electron chi connectivity index (χ1n) is 6.13. The van der Waals surface area contributed by atoms with Crippen molar-refractivity contribution in [2.75, 3.05) is 6.61 Å². The van der Waals surface area contributed by atoms with Gasteiger partial charge in [-0.3, -0.25) is 0 Å². The third kappa shape index (κ3) is 6.28. The van der Waals surface area contributed by atoms with Crippen LogP contribution in [0, 0.1) is 10.7 Å². The predicted molar refractivity (Wildman–Crippen MR) is 107 cm³/mol. The van der Waals surface area contributed by atoms with Gasteiger partial charge in [0.15, 0.2) is 0 Å². The van der Waals surface area contributed by atoms with Crippen LogP contribution >= 0.6 is 67.8 Å². The lowest BCUT2D eigenvalue weighted by Gasteiger charge is -2.12. The van der Waals surface area contributed by atoms with E-state index in [1.807, 2.05) is 6.07 Å². The van der Waals surface area contributed by atoms with Crippen molar-refractivity contribution in [3.63, 3.8) is 0 Å². The van der Waals surface area contributed by atoms with Gasteiger partial charge in [-0.25, -0.2) is 9.59 Å². The molecule has 1 aromatic rings. The van der Waals surface area contributed by atoms with Crippen LogP contribution in [0.4, 0.5) is 0 Å². The number of hydrogen-bond acceptors (Lipinski definition) is 4. The number of aliphatic hydroxyl groups excluding tert-OH is 1. The Morgan fingerprint density at radius 1 is 1.27 bits per heavy atom. The zero-order valence-electron chi connectivity index (χ0n) is 11.3. The highest BCUT2D eigenvalue weighted by Gasteiger charge is 2.17. The number of carbonyl (C=O) groups is 2. The maximum atomic E-state index is 12.1. The van der Waals surface area contributed by atoms with E-state index in [1.165, 1.54) is 0 Å². The number of halogens is 3. The maximum absolute atomic E-state index is 12.1. The van der Waals surface area contributed by atoms with Crippen molar-refractivity contribution in [1.29, 1.82) is 0 Å². The number of esters is 1. The van der Waals surface area contributed by atoms with Crippen molar-refractivity contribution in [2.45, 2.75) is 18.9 Å². The van der Waals surface area contributed by atoms with Gasteiger partial charge in [-0.1, -0.05) is 6.58 Å². The zero-order valence-corrected chi connectivity index (χ0v) is 17.8. The SMILES string of the molecule is C=C(CCC(O)COC(=O)c1cc(I)cc(I)c1I)C(=O)O. The lowest BCUT2D eigenvalue weighted by atomic mass is 10.1. The van der Waals surface area contributed by atoms with Gasteiger partial charge in [0.05, 0.1) is 11.7 Å². The molecule has 0 bridgehead atoms. The molecular weight excluding hydrogens is 629 g/mol. The summed E-state index contributed by atoms with van der Waals surface area (Å²) in [5, 5.41) is 18.4. The van der Waals surface area contributed by atoms with Crippen LogP contribution in [0.5, 0.6) is 0 Å². The minimum absolute atomic E-state index is 0.0205. The van der Waals surface area contributed by atoms with Crippen LogP contribution in [0.15, 0.2) is 24.3 Å². The maximum Gasteiger partial charge on any atom is 0.339 e. The molecule has 0 aliphatic carbocycles. The fraction of sp³-hybridized carbons (Fsp3) is 0.286. The van der Waals surface area contributed by atoms with Crippen molar-refractivity contribution in [1.82, 2.24) is 0 Å². The number of aliphatic carboxylic acids is 1. The van der Waals surface area contributed by atoms with E-state index in [9.17, 15) is 14.7 Å². The lowest BCUT2D eigenvalue weighted by Crippen LogP contribution is -2.20. The molecule has 22 heavy (non-hydrogen) atoms. The Bertz CT molecular complexity index is 600. The number of rotatable bonds is 7. The third-order valence-electron chi connectivity index (χ3n) is 2.70. The van der Waals surface area contributed by atoms with Crippen molar-refractivity contribution < 1.29 is 24.5 Å². The Kier molecular flexibility index (Phi) is 8.56. The fourth-order valence-electron chi connectivity index (χ4n) is 1.49. The molecule has 1 atom stereocenters. The molecule has 120 valence electrons. The summed E-state index contributed by atoms with van der Waals surface area (Å²) in [5.41, 5.74) is 0.478. The van der Waals surface area contributed by atoms with E-state index in [-0.39, 0.29) is 25.0 Å². The molecule has 0 aliphatic heterocycles. The molecule has 1 unspecified atom stereocenters. The van der Waals surface area contributed by atoms with Crippen molar-refractivity contribution in [3.8, 4) is 0 Å². The number of carboxylic acids is 1. The van der Waals surface area contributed by atoms with Crippen molar-refractivity contribution in [2.24, 2.45) is 0 Å². The molecule has 0 amide bonds. The Balaban J connectivity index is 2.56. The van der Waals surface area contributed by atoms with Gasteiger partial charge in [-0.05, 0) is 92.7 Å². The first-order valence-corrected chi connectivity index (χ1v) is 9.36. The van der Waals surface area contributed by atoms with Gasteiger partial charge >= 0.3 is 11.9 Å². The summed E-state index contributed by atoms with van der Waals surface area (Å²) < 4.78 is 7.78. The zero-order chi connectivity index (χ0) is 16.9. The van der Waals surface area contributed by atoms with Crippen LogP contribution in [0.3, 0.4) is 0 Å². The molecule has 0 heterocycles. The molecule has 1 rings (SSSR count). The van der Waals surface area contributed by atoms with Crippen molar-refractivity contribution >= 4 is 79.7 Å². The second-order valence-electron chi connectivity index (χ2n) is 4.45. The standard InChI is InChI=1S/C14H13I3O5/c1-7(13(19)20)2-3-9(18)6-22-14(21)10-4-8(15)5-11(16)12(10)17/h4-5,9,18H,1-3,6H2,(H,19,20). The number of ether oxygens (including phenoxy) is 1. The smallest absolute Gasteiger partial charge is 0.339 e. The van der Waals surface area contributed by atoms with Gasteiger partial charge in [-0.15, -0.1) is 0 Å². The molecule has 1 aromatic carbocycles. The van der Waals surface area contributed by atoms with E-state index in [0.29, 0.717) is 5.56 Å². The number of carboxylic acid groups (broad SMARTS) is 1. The summed E-state index contributed by atoms with van der Waals surface area (Å²) >= 11 is 6.34. The van der Waals surface area contributed by atoms with E-state index in [1.54, 1.807) is 6.07 Å². The highest BCUT2D eigenvalue weighted by atomic mass is 127. The second-order valence-corrected chi connectivity index (χ2v) is 7.94. The van der Waals surface area contributed by atoms with Gasteiger partial charge in [0, 0.05) is 16.3 Å². The molecule has 8 heteroatoms. The van der Waals surface area contributed by atoms with Gasteiger partial charge in [0.2, 0.25) is 0 Å². The summed E-state index contributed by atoms with van der Waals surface area (Å²) in [6.07, 6.45) is -0.592. The summed E-state index contributed by atoms with van der Waals surface area (Å²) in [6.45, 7) is 3.20. The van der Waals surface area contributed by atoms with Gasteiger partial charge in [-0.2, -0.15) is 0 Å². The molecule has 0 saturated carbocycles. The number of hydrogen-bond donors (Lipinski definition) is 2. The molecule has 2 N–H and O–H groups in total. The average Bonchev–Trinajstić information content (AvgIpc) is 2.45. The van der Waals surface area contributed by atoms with Crippen LogP contribution < -0.4 is 0 Å². The number of aliphatic hydroxyl groups is 1. The van der Waals surface area contributed by atoms with E-state index >= 15 is 0 Å². The number of benzene rings is 1. The topological polar surface area (TPSA) is 83.8 Å². The Morgan fingerprint density at radius 3 is 2.50 bits per heavy atom. The monoisotopic (exact) mass is 642 g/mol. The fourth-order valence-corrected chi connectivity index (χ4v) is 3.86. The molecule has 5 nitrogen and oxygen atoms in total. The summed E-state index contributed by atoms with van der Waals surface area (Å²) in [7, 11) is 0. The Morgan fingerprint density at radius 2 is 1.91 bits per heavy atom. The molecule has 0 spiro atoms. The lowest BCUT2D eigenvalue weighted by molar-refractivity contribution is -0.132. The predicted octanol–water partition coefficient (Wildman–Crippen LogP) is 3.44. The van der Waals surface area contributed by atoms with Gasteiger partial charge in [0.25, 0.3) is 0 Å². The molecule has 0 radical (unpaired) electrons. The number of carbonyl (C=O) groups excluding carboxylic acids is 1. The second kappa shape index (κ2) is 9.37. The van der Waals surface area contributed by atoms with E-state index in [0.717, 1.165) is 10.7 Å². The minimum Gasteiger partial charge on any atom is -0.478 e. The van der Waals surface area contributed by atoms with Crippen LogP contribution in [0.25, 0.3) is 0 Å². The summed E-state index contributed by atoms with van der Waals surface area (Å²) in [4.78, 5) is 22.7. The largest absolute Gasteiger partial charge is 0.478 e. The summed E-state index contributed by atoms with van der Waals surface area (Å²) in [5.74, 6) is -1.59. The Labute approximate surface area is 168 Å². The van der Waals surface area contributed by atoms with Crippen LogP contribution in [-0.4, -0.2) is 34.9 Å². The van der Waals surface area contributed by atoms with E-state index < -0.39 is 18.0 Å². The third-order valence-corrected chi connectivity index (χ3v) is 6.37. The van der Waals surface area contributed by atoms with Crippen LogP contribution in [-0.2, 0) is 9.53 Å². The first-order chi connectivity index (χ1) is 10.2. The minimum atomic E-state index is -1.09. The highest BCUT2D eigenvalue weighted by Crippen LogP contribution is 2.23. The van der Waals surface area contributed by atoms with Crippen LogP contribution in [0.2, 0.25) is 0 Å². The van der Waals surface area contributed by atoms with Crippen LogP contribution in [0.1, 0.15) is 23.2 Å². The first kappa shape index (κ1) is 20.1. The quantitative estimate of drug-likeness (QED) is 0.206. The highest BCUT2D eigenvalue weighted by molar-refractivity contribution is 14.1. The molecular formula is C14H13I3O5. The van der Waals surface area contributed by atoms with Gasteiger partial charge < -0.3 is 14.9 Å². The molecule has 0 fully saturated rings. The molecule has 0 aromatic heterocycles. The van der Waals surface area contributed by atoms with Crippen molar-refractivity contribution in [3.05, 3.63) is 40.6 Å². The summed E-state index contributed by atoms with van der Waals surface area (Å²) in [6, 6.07) is 3.68.